The Morgan fingerprint density at radius 1 is 0.925 bits per heavy atom. The first-order chi connectivity index (χ1) is 18.8. The fraction of sp³-hybridized carbons (Fsp3) is 0.310. The first-order valence-corrected chi connectivity index (χ1v) is 15.3. The minimum absolute atomic E-state index is 0.000251. The quantitative estimate of drug-likeness (QED) is 0.307. The molecule has 0 spiro atoms. The number of hydrogen-bond donors (Lipinski definition) is 1. The summed E-state index contributed by atoms with van der Waals surface area (Å²) in [6.45, 7) is 3.56. The van der Waals surface area contributed by atoms with Crippen LogP contribution in [0.1, 0.15) is 25.0 Å². The van der Waals surface area contributed by atoms with E-state index >= 15 is 0 Å². The smallest absolute Gasteiger partial charge is 0.244 e. The Bertz CT molecular complexity index is 1440. The van der Waals surface area contributed by atoms with Crippen LogP contribution in [0.4, 0.5) is 14.5 Å². The largest absolute Gasteiger partial charge is 0.354 e. The monoisotopic (exact) mass is 635 g/mol. The molecule has 0 saturated heterocycles. The predicted molar refractivity (Wildman–Crippen MR) is 155 cm³/mol. The Balaban J connectivity index is 2.06. The van der Waals surface area contributed by atoms with Crippen molar-refractivity contribution in [2.45, 2.75) is 32.9 Å². The van der Waals surface area contributed by atoms with E-state index in [1.165, 1.54) is 4.90 Å². The third-order valence-electron chi connectivity index (χ3n) is 6.07. The molecule has 3 aromatic rings. The lowest BCUT2D eigenvalue weighted by Crippen LogP contribution is -2.53. The molecule has 0 radical (unpaired) electrons. The molecule has 40 heavy (non-hydrogen) atoms. The molecule has 0 unspecified atom stereocenters. The molecule has 3 aromatic carbocycles. The summed E-state index contributed by atoms with van der Waals surface area (Å²) in [4.78, 5) is 28.8. The summed E-state index contributed by atoms with van der Waals surface area (Å²) in [6, 6.07) is 18.0. The fourth-order valence-electron chi connectivity index (χ4n) is 4.06. The van der Waals surface area contributed by atoms with E-state index in [1.54, 1.807) is 18.2 Å². The van der Waals surface area contributed by atoms with Crippen LogP contribution in [-0.2, 0) is 32.6 Å². The van der Waals surface area contributed by atoms with Crippen LogP contribution in [0.2, 0.25) is 0 Å². The van der Waals surface area contributed by atoms with Crippen LogP contribution >= 0.6 is 15.9 Å². The molecule has 11 heteroatoms. The average Bonchev–Trinajstić information content (AvgIpc) is 2.89. The van der Waals surface area contributed by atoms with Crippen LogP contribution in [0, 0.1) is 17.6 Å². The average molecular weight is 637 g/mol. The van der Waals surface area contributed by atoms with Crippen molar-refractivity contribution < 1.29 is 26.8 Å². The van der Waals surface area contributed by atoms with Crippen molar-refractivity contribution in [2.75, 3.05) is 23.7 Å². The molecule has 1 N–H and O–H groups in total. The van der Waals surface area contributed by atoms with Gasteiger partial charge in [0.05, 0.1) is 11.9 Å². The standard InChI is InChI=1S/C29H32BrF2N3O4S/c1-20(2)17-33-29(37)27(15-21-8-5-4-6-9-21)34(18-22-10-7-11-23(30)14-22)28(36)19-35(40(3,38)39)24-12-13-25(31)26(32)16-24/h4-14,16,20,27H,15,17-19H2,1-3H3,(H,33,37)/t27-/m0/s1. The molecule has 0 aromatic heterocycles. The highest BCUT2D eigenvalue weighted by Crippen LogP contribution is 2.23. The van der Waals surface area contributed by atoms with Gasteiger partial charge in [-0.25, -0.2) is 17.2 Å². The SMILES string of the molecule is CC(C)CNC(=O)[C@H](Cc1ccccc1)N(Cc1cccc(Br)c1)C(=O)CN(c1ccc(F)c(F)c1)S(C)(=O)=O. The first-order valence-electron chi connectivity index (χ1n) is 12.6. The van der Waals surface area contributed by atoms with E-state index in [9.17, 15) is 26.8 Å². The number of rotatable bonds is 12. The van der Waals surface area contributed by atoms with Crippen LogP contribution < -0.4 is 9.62 Å². The summed E-state index contributed by atoms with van der Waals surface area (Å²) in [5.41, 5.74) is 1.30. The maximum atomic E-state index is 14.0. The zero-order valence-corrected chi connectivity index (χ0v) is 24.9. The van der Waals surface area contributed by atoms with Gasteiger partial charge in [-0.3, -0.25) is 13.9 Å². The topological polar surface area (TPSA) is 86.8 Å². The number of sulfonamides is 1. The highest BCUT2D eigenvalue weighted by Gasteiger charge is 2.33. The van der Waals surface area contributed by atoms with Gasteiger partial charge in [0.2, 0.25) is 21.8 Å². The molecule has 0 aliphatic heterocycles. The molecule has 0 aliphatic rings. The summed E-state index contributed by atoms with van der Waals surface area (Å²) in [5, 5.41) is 2.90. The second-order valence-corrected chi connectivity index (χ2v) is 12.7. The number of hydrogen-bond acceptors (Lipinski definition) is 4. The second kappa shape index (κ2) is 13.8. The predicted octanol–water partition coefficient (Wildman–Crippen LogP) is 4.91. The lowest BCUT2D eigenvalue weighted by molar-refractivity contribution is -0.140. The van der Waals surface area contributed by atoms with Gasteiger partial charge >= 0.3 is 0 Å². The van der Waals surface area contributed by atoms with Gasteiger partial charge < -0.3 is 10.2 Å². The number of nitrogens with zero attached hydrogens (tertiary/aromatic N) is 2. The molecule has 0 aliphatic carbocycles. The minimum atomic E-state index is -4.09. The Kier molecular flexibility index (Phi) is 10.8. The van der Waals surface area contributed by atoms with Crippen LogP contribution in [0.5, 0.6) is 0 Å². The number of halogens is 3. The molecule has 3 rings (SSSR count). The van der Waals surface area contributed by atoms with Crippen LogP contribution in [0.15, 0.2) is 77.3 Å². The van der Waals surface area contributed by atoms with Crippen LogP contribution in [-0.4, -0.2) is 50.5 Å². The van der Waals surface area contributed by atoms with Crippen molar-refractivity contribution in [1.82, 2.24) is 10.2 Å². The first kappa shape index (κ1) is 31.2. The van der Waals surface area contributed by atoms with Crippen molar-refractivity contribution >= 4 is 43.5 Å². The van der Waals surface area contributed by atoms with Gasteiger partial charge in [0, 0.05) is 30.0 Å². The van der Waals surface area contributed by atoms with Crippen molar-refractivity contribution in [3.05, 3.63) is 100 Å². The summed E-state index contributed by atoms with van der Waals surface area (Å²) in [7, 11) is -4.09. The van der Waals surface area contributed by atoms with Crippen LogP contribution in [0.3, 0.4) is 0 Å². The highest BCUT2D eigenvalue weighted by molar-refractivity contribution is 9.10. The molecule has 214 valence electrons. The maximum absolute atomic E-state index is 14.0. The zero-order valence-electron chi connectivity index (χ0n) is 22.5. The van der Waals surface area contributed by atoms with E-state index in [2.05, 4.69) is 21.2 Å². The molecule has 0 bridgehead atoms. The number of carbonyl (C=O) groups excluding carboxylic acids is 2. The molecule has 7 nitrogen and oxygen atoms in total. The van der Waals surface area contributed by atoms with Crippen molar-refractivity contribution in [3.63, 3.8) is 0 Å². The Hall–Kier alpha value is -3.31. The molecule has 0 fully saturated rings. The number of amides is 2. The van der Waals surface area contributed by atoms with Gasteiger partial charge in [-0.05, 0) is 41.3 Å². The Morgan fingerprint density at radius 2 is 1.60 bits per heavy atom. The fourth-order valence-corrected chi connectivity index (χ4v) is 5.35. The van der Waals surface area contributed by atoms with E-state index in [0.29, 0.717) is 16.4 Å². The molecule has 0 heterocycles. The Labute approximate surface area is 242 Å². The van der Waals surface area contributed by atoms with E-state index < -0.39 is 40.2 Å². The maximum Gasteiger partial charge on any atom is 0.244 e. The lowest BCUT2D eigenvalue weighted by Gasteiger charge is -2.33. The third kappa shape index (κ3) is 8.85. The van der Waals surface area contributed by atoms with Crippen LogP contribution in [0.25, 0.3) is 0 Å². The van der Waals surface area contributed by atoms with Gasteiger partial charge in [-0.15, -0.1) is 0 Å². The summed E-state index contributed by atoms with van der Waals surface area (Å²) in [6.07, 6.45) is 1.05. The number of benzene rings is 3. The van der Waals surface area contributed by atoms with E-state index in [0.717, 1.165) is 34.5 Å². The summed E-state index contributed by atoms with van der Waals surface area (Å²) < 4.78 is 54.5. The Morgan fingerprint density at radius 3 is 2.20 bits per heavy atom. The molecule has 1 atom stereocenters. The molecule has 2 amide bonds. The summed E-state index contributed by atoms with van der Waals surface area (Å²) >= 11 is 3.42. The van der Waals surface area contributed by atoms with E-state index in [-0.39, 0.29) is 30.5 Å². The van der Waals surface area contributed by atoms with Crippen molar-refractivity contribution in [1.29, 1.82) is 0 Å². The normalized spacial score (nSPS) is 12.2. The highest BCUT2D eigenvalue weighted by atomic mass is 79.9. The van der Waals surface area contributed by atoms with Crippen molar-refractivity contribution in [2.24, 2.45) is 5.92 Å². The second-order valence-electron chi connectivity index (χ2n) is 9.86. The molecule has 0 saturated carbocycles. The lowest BCUT2D eigenvalue weighted by atomic mass is 10.0. The summed E-state index contributed by atoms with van der Waals surface area (Å²) in [5.74, 6) is -3.32. The minimum Gasteiger partial charge on any atom is -0.354 e. The van der Waals surface area contributed by atoms with Gasteiger partial charge in [0.25, 0.3) is 0 Å². The van der Waals surface area contributed by atoms with E-state index in [4.69, 9.17) is 0 Å². The molecular formula is C29H32BrF2N3O4S. The van der Waals surface area contributed by atoms with Gasteiger partial charge in [0.15, 0.2) is 11.6 Å². The number of nitrogens with one attached hydrogen (secondary N) is 1. The van der Waals surface area contributed by atoms with Gasteiger partial charge in [-0.2, -0.15) is 0 Å². The van der Waals surface area contributed by atoms with Crippen molar-refractivity contribution in [3.8, 4) is 0 Å². The third-order valence-corrected chi connectivity index (χ3v) is 7.70. The zero-order chi connectivity index (χ0) is 29.4. The van der Waals surface area contributed by atoms with Gasteiger partial charge in [0.1, 0.15) is 12.6 Å². The van der Waals surface area contributed by atoms with E-state index in [1.807, 2.05) is 50.2 Å². The number of anilines is 1. The molecular weight excluding hydrogens is 604 g/mol. The van der Waals surface area contributed by atoms with Gasteiger partial charge in [-0.1, -0.05) is 72.2 Å². The number of carbonyl (C=O) groups is 2.